The van der Waals surface area contributed by atoms with Crippen LogP contribution in [0.2, 0.25) is 0 Å². The summed E-state index contributed by atoms with van der Waals surface area (Å²) in [6.45, 7) is 3.57. The van der Waals surface area contributed by atoms with E-state index in [0.717, 1.165) is 30.8 Å². The second kappa shape index (κ2) is 15.3. The number of aliphatic hydroxyl groups is 1. The molecule has 2 aromatic rings. The quantitative estimate of drug-likeness (QED) is 0.275. The largest absolute Gasteiger partial charge is 0.418 e. The molecule has 5 N–H and O–H groups in total. The first-order valence-electron chi connectivity index (χ1n) is 17.5. The Balaban J connectivity index is 1.20. The number of amides is 3. The van der Waals surface area contributed by atoms with E-state index < -0.39 is 34.9 Å². The topological polar surface area (TPSA) is 128 Å². The normalized spacial score (nSPS) is 22.5. The van der Waals surface area contributed by atoms with Crippen molar-refractivity contribution in [2.45, 2.75) is 43.9 Å². The highest BCUT2D eigenvalue weighted by atomic mass is 19.4. The van der Waals surface area contributed by atoms with Gasteiger partial charge in [0.25, 0.3) is 11.8 Å². The molecule has 2 fully saturated rings. The fourth-order valence-electron chi connectivity index (χ4n) is 7.48. The van der Waals surface area contributed by atoms with Gasteiger partial charge < -0.3 is 31.3 Å². The Hall–Kier alpha value is -4.68. The van der Waals surface area contributed by atoms with Crippen molar-refractivity contribution < 1.29 is 32.7 Å². The number of piperazine rings is 1. The number of allylic oxidation sites excluding steroid dienone is 6. The number of nitrogens with one attached hydrogen (secondary N) is 2. The summed E-state index contributed by atoms with van der Waals surface area (Å²) < 4.78 is 40.9. The number of carbonyl (C=O) groups is 3. The molecule has 0 bridgehead atoms. The maximum atomic E-state index is 14.0. The lowest BCUT2D eigenvalue weighted by molar-refractivity contribution is -0.142. The molecular weight excluding hydrogens is 659 g/mol. The maximum absolute atomic E-state index is 14.0. The molecule has 3 amide bonds. The predicted molar refractivity (Wildman–Crippen MR) is 189 cm³/mol. The fourth-order valence-corrected chi connectivity index (χ4v) is 7.48. The zero-order valence-electron chi connectivity index (χ0n) is 28.4. The van der Waals surface area contributed by atoms with Gasteiger partial charge in [-0.05, 0) is 67.2 Å². The highest BCUT2D eigenvalue weighted by Gasteiger charge is 2.46. The Morgan fingerprint density at radius 1 is 0.941 bits per heavy atom. The fraction of sp³-hybridized carbons (Fsp3) is 0.410. The third-order valence-electron chi connectivity index (χ3n) is 10.4. The molecule has 2 heterocycles. The number of benzene rings is 2. The van der Waals surface area contributed by atoms with Crippen LogP contribution < -0.4 is 16.4 Å². The van der Waals surface area contributed by atoms with Gasteiger partial charge in [0.05, 0.1) is 11.5 Å². The van der Waals surface area contributed by atoms with Crippen LogP contribution in [-0.2, 0) is 15.8 Å². The second-order valence-electron chi connectivity index (χ2n) is 13.8. The molecule has 2 saturated heterocycles. The van der Waals surface area contributed by atoms with Crippen LogP contribution >= 0.6 is 0 Å². The second-order valence-corrected chi connectivity index (χ2v) is 13.8. The van der Waals surface area contributed by atoms with Gasteiger partial charge >= 0.3 is 6.18 Å². The summed E-state index contributed by atoms with van der Waals surface area (Å²) in [6, 6.07) is 12.0. The zero-order chi connectivity index (χ0) is 36.2. The van der Waals surface area contributed by atoms with Crippen molar-refractivity contribution in [3.05, 3.63) is 107 Å². The first-order valence-corrected chi connectivity index (χ1v) is 17.5. The Morgan fingerprint density at radius 3 is 2.33 bits per heavy atom. The molecule has 6 rings (SSSR count). The number of carbonyl (C=O) groups excluding carboxylic acids is 3. The molecule has 2 aromatic carbocycles. The van der Waals surface area contributed by atoms with Crippen LogP contribution in [0.3, 0.4) is 0 Å². The van der Waals surface area contributed by atoms with Gasteiger partial charge in [-0.3, -0.25) is 14.4 Å². The summed E-state index contributed by atoms with van der Waals surface area (Å²) in [6.07, 6.45) is 9.03. The van der Waals surface area contributed by atoms with E-state index in [1.807, 2.05) is 41.3 Å². The molecule has 9 nitrogen and oxygen atoms in total. The van der Waals surface area contributed by atoms with Gasteiger partial charge in [0, 0.05) is 74.5 Å². The molecule has 3 atom stereocenters. The lowest BCUT2D eigenvalue weighted by Gasteiger charge is -2.41. The van der Waals surface area contributed by atoms with Crippen molar-refractivity contribution in [2.24, 2.45) is 17.8 Å². The number of nitrogens with zero attached hydrogens (tertiary/aromatic N) is 2. The van der Waals surface area contributed by atoms with Crippen molar-refractivity contribution in [3.8, 4) is 0 Å². The van der Waals surface area contributed by atoms with Crippen molar-refractivity contribution in [1.82, 2.24) is 15.1 Å². The minimum absolute atomic E-state index is 0.0411. The minimum Gasteiger partial charge on any atom is -0.398 e. The van der Waals surface area contributed by atoms with Gasteiger partial charge in [0.15, 0.2) is 0 Å². The number of nitrogen functional groups attached to an aromatic ring is 1. The summed E-state index contributed by atoms with van der Waals surface area (Å²) >= 11 is 0. The van der Waals surface area contributed by atoms with Crippen molar-refractivity contribution in [2.75, 3.05) is 50.3 Å². The number of halogens is 3. The van der Waals surface area contributed by atoms with E-state index in [4.69, 9.17) is 5.73 Å². The molecular formula is C39H44F3N5O4. The number of piperidine rings is 1. The molecule has 12 heteroatoms. The van der Waals surface area contributed by atoms with Crippen LogP contribution in [0.15, 0.2) is 96.1 Å². The van der Waals surface area contributed by atoms with E-state index >= 15 is 0 Å². The SMILES string of the molecule is Nc1ccc(NC(=O)C(O)(CC2=CC(C3=CCC(C(=O)N4CCNCC4)C=C3)CC=C2)C2CCN(C(=O)c3ccccc3)CC2)cc1C(F)(F)F. The van der Waals surface area contributed by atoms with E-state index in [9.17, 15) is 32.7 Å². The van der Waals surface area contributed by atoms with Crippen LogP contribution in [0.4, 0.5) is 24.5 Å². The van der Waals surface area contributed by atoms with Crippen LogP contribution in [0.5, 0.6) is 0 Å². The van der Waals surface area contributed by atoms with Crippen LogP contribution in [0.1, 0.15) is 48.0 Å². The summed E-state index contributed by atoms with van der Waals surface area (Å²) in [5, 5.41) is 18.2. The highest BCUT2D eigenvalue weighted by molar-refractivity contribution is 5.98. The molecule has 270 valence electrons. The summed E-state index contributed by atoms with van der Waals surface area (Å²) in [4.78, 5) is 43.8. The molecule has 2 aliphatic carbocycles. The van der Waals surface area contributed by atoms with Gasteiger partial charge in [-0.1, -0.05) is 54.7 Å². The average Bonchev–Trinajstić information content (AvgIpc) is 3.15. The first kappa shape index (κ1) is 36.1. The number of alkyl halides is 3. The third-order valence-corrected chi connectivity index (χ3v) is 10.4. The molecule has 0 spiro atoms. The first-order chi connectivity index (χ1) is 24.4. The van der Waals surface area contributed by atoms with Gasteiger partial charge in [0.1, 0.15) is 5.60 Å². The number of likely N-dealkylation sites (tertiary alicyclic amines) is 1. The van der Waals surface area contributed by atoms with E-state index in [1.165, 1.54) is 6.07 Å². The van der Waals surface area contributed by atoms with Crippen LogP contribution in [-0.4, -0.2) is 77.5 Å². The summed E-state index contributed by atoms with van der Waals surface area (Å²) in [7, 11) is 0. The monoisotopic (exact) mass is 703 g/mol. The lowest BCUT2D eigenvalue weighted by atomic mass is 9.74. The Kier molecular flexibility index (Phi) is 10.8. The maximum Gasteiger partial charge on any atom is 0.418 e. The Morgan fingerprint density at radius 2 is 1.67 bits per heavy atom. The molecule has 4 aliphatic rings. The Bertz CT molecular complexity index is 1740. The van der Waals surface area contributed by atoms with E-state index in [1.54, 1.807) is 29.2 Å². The summed E-state index contributed by atoms with van der Waals surface area (Å²) in [5.74, 6) is -1.69. The molecule has 51 heavy (non-hydrogen) atoms. The number of anilines is 2. The van der Waals surface area contributed by atoms with Crippen molar-refractivity contribution in [1.29, 1.82) is 0 Å². The predicted octanol–water partition coefficient (Wildman–Crippen LogP) is 5.34. The number of rotatable bonds is 8. The molecule has 0 saturated carbocycles. The Labute approximate surface area is 295 Å². The van der Waals surface area contributed by atoms with Gasteiger partial charge in [-0.15, -0.1) is 0 Å². The van der Waals surface area contributed by atoms with E-state index in [2.05, 4.69) is 16.7 Å². The van der Waals surface area contributed by atoms with Gasteiger partial charge in [-0.25, -0.2) is 0 Å². The average molecular weight is 704 g/mol. The number of hydrogen-bond donors (Lipinski definition) is 4. The van der Waals surface area contributed by atoms with Crippen LogP contribution in [0, 0.1) is 17.8 Å². The number of hydrogen-bond acceptors (Lipinski definition) is 6. The highest BCUT2D eigenvalue weighted by Crippen LogP contribution is 2.39. The zero-order valence-corrected chi connectivity index (χ0v) is 28.4. The van der Waals surface area contributed by atoms with Crippen molar-refractivity contribution >= 4 is 29.1 Å². The number of nitrogens with two attached hydrogens (primary N) is 1. The lowest BCUT2D eigenvalue weighted by Crippen LogP contribution is -2.53. The third kappa shape index (κ3) is 8.28. The van der Waals surface area contributed by atoms with Crippen LogP contribution in [0.25, 0.3) is 0 Å². The van der Waals surface area contributed by atoms with E-state index in [-0.39, 0.29) is 35.8 Å². The molecule has 3 unspecified atom stereocenters. The smallest absolute Gasteiger partial charge is 0.398 e. The van der Waals surface area contributed by atoms with Gasteiger partial charge in [0.2, 0.25) is 5.91 Å². The van der Waals surface area contributed by atoms with E-state index in [0.29, 0.717) is 63.0 Å². The molecule has 0 aromatic heterocycles. The molecule has 0 radical (unpaired) electrons. The van der Waals surface area contributed by atoms with Crippen molar-refractivity contribution in [3.63, 3.8) is 0 Å². The minimum atomic E-state index is -4.73. The van der Waals surface area contributed by atoms with Gasteiger partial charge in [-0.2, -0.15) is 13.2 Å². The molecule has 2 aliphatic heterocycles. The standard InChI is InChI=1S/C39H44F3N5O4/c40-39(41,42)33-24-32(13-14-34(33)43)45-37(50)38(51,31-15-19-46(20-16-31)35(48)28-6-2-1-3-7-28)25-26-5-4-8-30(23-26)27-9-11-29(12-10-27)36(49)47-21-17-44-18-22-47/h1-7,9-11,13-14,23-24,29-31,44,51H,8,12,15-22,25,43H2,(H,45,50). The summed E-state index contributed by atoms with van der Waals surface area (Å²) in [5.41, 5.74) is 4.20.